The van der Waals surface area contributed by atoms with Crippen LogP contribution in [0.2, 0.25) is 0 Å². The second kappa shape index (κ2) is 16.5. The van der Waals surface area contributed by atoms with Gasteiger partial charge in [-0.3, -0.25) is 0 Å². The van der Waals surface area contributed by atoms with Gasteiger partial charge in [-0.15, -0.1) is 0 Å². The van der Waals surface area contributed by atoms with Crippen molar-refractivity contribution in [2.75, 3.05) is 27.7 Å². The molecule has 10 heteroatoms. The SMILES string of the molecule is C[N+](C)(C)C[C@H](O)CC(=O)[O-].O=C([O-])CCC(=O)[O-].[K+].[K+]. The van der Waals surface area contributed by atoms with E-state index in [0.717, 1.165) is 0 Å². The van der Waals surface area contributed by atoms with Crippen LogP contribution in [0.4, 0.5) is 0 Å². The van der Waals surface area contributed by atoms with Crippen molar-refractivity contribution < 1.29 is 142 Å². The summed E-state index contributed by atoms with van der Waals surface area (Å²) in [4.78, 5) is 29.0. The quantitative estimate of drug-likeness (QED) is 0.353. The number of rotatable bonds is 7. The molecule has 0 aliphatic carbocycles. The molecule has 0 heterocycles. The van der Waals surface area contributed by atoms with Crippen LogP contribution in [0.5, 0.6) is 0 Å². The van der Waals surface area contributed by atoms with Gasteiger partial charge in [0.1, 0.15) is 12.6 Å². The summed E-state index contributed by atoms with van der Waals surface area (Å²) < 4.78 is 0.550. The van der Waals surface area contributed by atoms with Crippen LogP contribution in [0.1, 0.15) is 19.3 Å². The van der Waals surface area contributed by atoms with E-state index in [4.69, 9.17) is 5.11 Å². The third kappa shape index (κ3) is 34.1. The smallest absolute Gasteiger partial charge is 0.550 e. The first-order valence-corrected chi connectivity index (χ1v) is 5.52. The molecule has 0 aliphatic heterocycles. The molecule has 0 aromatic carbocycles. The second-order valence-corrected chi connectivity index (χ2v) is 4.95. The van der Waals surface area contributed by atoms with Gasteiger partial charge in [0.25, 0.3) is 0 Å². The molecule has 0 aromatic heterocycles. The monoisotopic (exact) mass is 355 g/mol. The summed E-state index contributed by atoms with van der Waals surface area (Å²) >= 11 is 0. The molecule has 0 rings (SSSR count). The van der Waals surface area contributed by atoms with Crippen molar-refractivity contribution in [2.45, 2.75) is 25.4 Å². The fourth-order valence-corrected chi connectivity index (χ4v) is 1.09. The van der Waals surface area contributed by atoms with E-state index in [1.165, 1.54) is 0 Å². The zero-order valence-electron chi connectivity index (χ0n) is 13.2. The Kier molecular flexibility index (Phi) is 23.9. The number of likely N-dealkylation sites (N-methyl/N-ethyl adjacent to an activating group) is 1. The normalized spacial score (nSPS) is 10.9. The molecule has 0 fully saturated rings. The van der Waals surface area contributed by atoms with Gasteiger partial charge >= 0.3 is 103 Å². The number of hydrogen-bond donors (Lipinski definition) is 1. The van der Waals surface area contributed by atoms with Crippen LogP contribution >= 0.6 is 0 Å². The summed E-state index contributed by atoms with van der Waals surface area (Å²) in [6, 6.07) is 0. The van der Waals surface area contributed by atoms with Gasteiger partial charge in [0.2, 0.25) is 0 Å². The molecule has 0 aromatic rings. The van der Waals surface area contributed by atoms with Crippen LogP contribution in [-0.4, -0.2) is 61.3 Å². The number of nitrogens with zero attached hydrogens (tertiary/aromatic N) is 1. The molecular formula is C11H19K2NO7. The Labute approximate surface area is 209 Å². The summed E-state index contributed by atoms with van der Waals surface area (Å²) in [6.45, 7) is 0.425. The van der Waals surface area contributed by atoms with Gasteiger partial charge in [-0.1, -0.05) is 0 Å². The largest absolute Gasteiger partial charge is 1.00 e. The predicted molar refractivity (Wildman–Crippen MR) is 57.8 cm³/mol. The average molecular weight is 355 g/mol. The molecular weight excluding hydrogens is 336 g/mol. The van der Waals surface area contributed by atoms with E-state index >= 15 is 0 Å². The minimum Gasteiger partial charge on any atom is -0.550 e. The number of aliphatic carboxylic acids is 3. The van der Waals surface area contributed by atoms with Gasteiger partial charge in [-0.25, -0.2) is 0 Å². The molecule has 0 bridgehead atoms. The Balaban J connectivity index is -0.000000131. The zero-order chi connectivity index (χ0) is 15.6. The van der Waals surface area contributed by atoms with Crippen molar-refractivity contribution in [3.8, 4) is 0 Å². The van der Waals surface area contributed by atoms with Crippen molar-refractivity contribution in [2.24, 2.45) is 0 Å². The molecule has 0 saturated carbocycles. The Morgan fingerprint density at radius 1 is 0.905 bits per heavy atom. The van der Waals surface area contributed by atoms with Crippen molar-refractivity contribution in [1.29, 1.82) is 0 Å². The predicted octanol–water partition coefficient (Wildman–Crippen LogP) is -10.5. The van der Waals surface area contributed by atoms with Gasteiger partial charge in [-0.2, -0.15) is 0 Å². The molecule has 0 spiro atoms. The summed E-state index contributed by atoms with van der Waals surface area (Å²) in [5.74, 6) is -3.94. The van der Waals surface area contributed by atoms with Gasteiger partial charge < -0.3 is 39.3 Å². The molecule has 0 aliphatic rings. The molecule has 0 amide bonds. The molecule has 1 atom stereocenters. The number of hydrogen-bond acceptors (Lipinski definition) is 7. The molecule has 0 unspecified atom stereocenters. The van der Waals surface area contributed by atoms with Gasteiger partial charge in [-0.05, 0) is 12.8 Å². The maximum atomic E-state index is 10.0. The number of carboxylic acid groups (broad SMARTS) is 3. The standard InChI is InChI=1S/C7H15NO3.C4H6O4.2K/c1-8(2,3)5-6(9)4-7(10)11;5-3(6)1-2-4(7)8;;/h6,9H,4-5H2,1-3H3;1-2H2,(H,5,6)(H,7,8);;/q;;2*+1/p-2/t6-;;;/m1.../s1. The Bertz CT molecular complexity index is 304. The molecule has 0 radical (unpaired) electrons. The van der Waals surface area contributed by atoms with E-state index < -0.39 is 36.9 Å². The van der Waals surface area contributed by atoms with Gasteiger partial charge in [0, 0.05) is 24.3 Å². The Morgan fingerprint density at radius 3 is 1.43 bits per heavy atom. The van der Waals surface area contributed by atoms with Crippen LogP contribution in [0.3, 0.4) is 0 Å². The summed E-state index contributed by atoms with van der Waals surface area (Å²) in [5, 5.41) is 38.1. The van der Waals surface area contributed by atoms with Crippen molar-refractivity contribution in [1.82, 2.24) is 0 Å². The summed E-state index contributed by atoms with van der Waals surface area (Å²) in [6.07, 6.45) is -2.03. The fourth-order valence-electron chi connectivity index (χ4n) is 1.09. The zero-order valence-corrected chi connectivity index (χ0v) is 19.5. The van der Waals surface area contributed by atoms with Crippen molar-refractivity contribution >= 4 is 17.9 Å². The van der Waals surface area contributed by atoms with E-state index in [-0.39, 0.29) is 109 Å². The van der Waals surface area contributed by atoms with Crippen LogP contribution in [-0.2, 0) is 14.4 Å². The minimum atomic E-state index is -1.37. The number of carbonyl (C=O) groups is 3. The third-order valence-electron chi connectivity index (χ3n) is 1.69. The Hall–Kier alpha value is 1.60. The molecule has 1 N–H and O–H groups in total. The first kappa shape index (κ1) is 30.5. The van der Waals surface area contributed by atoms with Crippen LogP contribution < -0.4 is 118 Å². The first-order chi connectivity index (χ1) is 8.44. The van der Waals surface area contributed by atoms with E-state index in [9.17, 15) is 29.7 Å². The van der Waals surface area contributed by atoms with E-state index in [0.29, 0.717) is 11.0 Å². The average Bonchev–Trinajstić information content (AvgIpc) is 2.10. The fraction of sp³-hybridized carbons (Fsp3) is 0.727. The maximum Gasteiger partial charge on any atom is 1.00 e. The molecule has 112 valence electrons. The maximum absolute atomic E-state index is 10.0. The van der Waals surface area contributed by atoms with Crippen LogP contribution in [0.15, 0.2) is 0 Å². The second-order valence-electron chi connectivity index (χ2n) is 4.95. The topological polar surface area (TPSA) is 141 Å². The minimum absolute atomic E-state index is 0. The first-order valence-electron chi connectivity index (χ1n) is 5.52. The van der Waals surface area contributed by atoms with Gasteiger partial charge in [0.05, 0.1) is 21.1 Å². The van der Waals surface area contributed by atoms with E-state index in [1.807, 2.05) is 21.1 Å². The summed E-state index contributed by atoms with van der Waals surface area (Å²) in [5.41, 5.74) is 0. The summed E-state index contributed by atoms with van der Waals surface area (Å²) in [7, 11) is 5.66. The van der Waals surface area contributed by atoms with Crippen LogP contribution in [0.25, 0.3) is 0 Å². The molecule has 0 saturated heterocycles. The Morgan fingerprint density at radius 2 is 1.24 bits per heavy atom. The van der Waals surface area contributed by atoms with Crippen LogP contribution in [0, 0.1) is 0 Å². The third-order valence-corrected chi connectivity index (χ3v) is 1.69. The van der Waals surface area contributed by atoms with E-state index in [2.05, 4.69) is 0 Å². The number of carboxylic acids is 3. The molecule has 21 heavy (non-hydrogen) atoms. The van der Waals surface area contributed by atoms with E-state index in [1.54, 1.807) is 0 Å². The van der Waals surface area contributed by atoms with Crippen molar-refractivity contribution in [3.05, 3.63) is 0 Å². The number of aliphatic hydroxyl groups is 1. The number of carbonyl (C=O) groups excluding carboxylic acids is 3. The van der Waals surface area contributed by atoms with Gasteiger partial charge in [0.15, 0.2) is 0 Å². The number of quaternary nitrogens is 1. The van der Waals surface area contributed by atoms with Crippen molar-refractivity contribution in [3.63, 3.8) is 0 Å². The number of aliphatic hydroxyl groups excluding tert-OH is 1. The molecule has 8 nitrogen and oxygen atoms in total.